The van der Waals surface area contributed by atoms with Gasteiger partial charge in [0, 0.05) is 19.3 Å². The van der Waals surface area contributed by atoms with Crippen LogP contribution < -0.4 is 10.1 Å². The van der Waals surface area contributed by atoms with E-state index in [1.165, 1.54) is 38.5 Å². The molecular formula is C23H32N2O4. The predicted molar refractivity (Wildman–Crippen MR) is 112 cm³/mol. The van der Waals surface area contributed by atoms with Crippen LogP contribution in [0.4, 0.5) is 0 Å². The number of carbonyl (C=O) groups is 1. The highest BCUT2D eigenvalue weighted by Crippen LogP contribution is 2.32. The quantitative estimate of drug-likeness (QED) is 0.698. The molecule has 1 amide bonds. The van der Waals surface area contributed by atoms with E-state index in [1.807, 2.05) is 24.4 Å². The monoisotopic (exact) mass is 400 g/mol. The highest BCUT2D eigenvalue weighted by Gasteiger charge is 2.35. The number of hydrogen-bond donors (Lipinski definition) is 2. The zero-order valence-electron chi connectivity index (χ0n) is 17.3. The van der Waals surface area contributed by atoms with E-state index in [0.717, 1.165) is 17.4 Å². The normalized spacial score (nSPS) is 19.5. The van der Waals surface area contributed by atoms with Crippen molar-refractivity contribution >= 4 is 16.8 Å². The highest BCUT2D eigenvalue weighted by atomic mass is 16.5. The summed E-state index contributed by atoms with van der Waals surface area (Å²) in [5.41, 5.74) is 0.841. The molecule has 2 aliphatic rings. The Kier molecular flexibility index (Phi) is 6.11. The van der Waals surface area contributed by atoms with Crippen molar-refractivity contribution in [2.24, 2.45) is 5.92 Å². The molecule has 2 N–H and O–H groups in total. The molecule has 2 heterocycles. The van der Waals surface area contributed by atoms with Gasteiger partial charge in [0.15, 0.2) is 0 Å². The van der Waals surface area contributed by atoms with Gasteiger partial charge in [-0.05, 0) is 37.3 Å². The summed E-state index contributed by atoms with van der Waals surface area (Å²) in [6.07, 6.45) is 10.0. The Hall–Kier alpha value is -2.05. The third-order valence-electron chi connectivity index (χ3n) is 6.42. The average Bonchev–Trinajstić information content (AvgIpc) is 2.89. The summed E-state index contributed by atoms with van der Waals surface area (Å²) < 4.78 is 12.8. The third-order valence-corrected chi connectivity index (χ3v) is 6.42. The number of aryl methyl sites for hydroxylation is 1. The molecule has 6 heteroatoms. The van der Waals surface area contributed by atoms with Crippen molar-refractivity contribution < 1.29 is 19.4 Å². The number of nitrogens with zero attached hydrogens (tertiary/aromatic N) is 1. The Morgan fingerprint density at radius 2 is 2.03 bits per heavy atom. The van der Waals surface area contributed by atoms with E-state index in [2.05, 4.69) is 9.88 Å². The number of fused-ring (bicyclic) bond motifs is 1. The zero-order valence-corrected chi connectivity index (χ0v) is 17.3. The molecule has 0 spiro atoms. The number of rotatable bonds is 7. The molecule has 0 atom stereocenters. The fraction of sp³-hybridized carbons (Fsp3) is 0.609. The molecule has 29 heavy (non-hydrogen) atoms. The van der Waals surface area contributed by atoms with Crippen LogP contribution in [0.25, 0.3) is 10.9 Å². The number of aromatic nitrogens is 1. The number of carbonyl (C=O) groups excluding carboxylic acids is 1. The molecule has 6 nitrogen and oxygen atoms in total. The second kappa shape index (κ2) is 8.76. The summed E-state index contributed by atoms with van der Waals surface area (Å²) in [7, 11) is 1.63. The van der Waals surface area contributed by atoms with Gasteiger partial charge in [0.25, 0.3) is 5.91 Å². The number of ether oxygens (including phenoxy) is 2. The average molecular weight is 401 g/mol. The topological polar surface area (TPSA) is 72.7 Å². The van der Waals surface area contributed by atoms with Crippen LogP contribution in [0, 0.1) is 5.92 Å². The fourth-order valence-electron chi connectivity index (χ4n) is 4.56. The number of nitrogens with one attached hydrogen (secondary N) is 1. The van der Waals surface area contributed by atoms with Crippen molar-refractivity contribution in [3.63, 3.8) is 0 Å². The molecule has 1 saturated heterocycles. The Balaban J connectivity index is 1.54. The van der Waals surface area contributed by atoms with Crippen molar-refractivity contribution in [1.82, 2.24) is 9.88 Å². The third kappa shape index (κ3) is 4.43. The molecule has 0 bridgehead atoms. The van der Waals surface area contributed by atoms with Crippen LogP contribution in [0.3, 0.4) is 0 Å². The van der Waals surface area contributed by atoms with Gasteiger partial charge in [-0.2, -0.15) is 0 Å². The number of amides is 1. The molecule has 1 aliphatic heterocycles. The largest absolute Gasteiger partial charge is 0.496 e. The minimum absolute atomic E-state index is 0.0480. The van der Waals surface area contributed by atoms with Crippen LogP contribution in [0.15, 0.2) is 24.4 Å². The van der Waals surface area contributed by atoms with E-state index < -0.39 is 5.60 Å². The van der Waals surface area contributed by atoms with Gasteiger partial charge >= 0.3 is 0 Å². The van der Waals surface area contributed by atoms with Crippen LogP contribution in [0.5, 0.6) is 5.75 Å². The number of hydrogen-bond acceptors (Lipinski definition) is 4. The minimum Gasteiger partial charge on any atom is -0.496 e. The number of benzene rings is 1. The first-order valence-electron chi connectivity index (χ1n) is 10.8. The minimum atomic E-state index is -0.753. The fourth-order valence-corrected chi connectivity index (χ4v) is 4.56. The lowest BCUT2D eigenvalue weighted by atomic mass is 9.98. The number of methoxy groups -OCH3 is 1. The SMILES string of the molecule is COc1cccc2c1c(C(=O)NCC1CCCCCC1)cn2CCC1(O)COC1. The first-order valence-corrected chi connectivity index (χ1v) is 10.8. The van der Waals surface area contributed by atoms with Crippen LogP contribution >= 0.6 is 0 Å². The van der Waals surface area contributed by atoms with E-state index in [9.17, 15) is 9.90 Å². The summed E-state index contributed by atoms with van der Waals surface area (Å²) >= 11 is 0. The molecule has 2 fully saturated rings. The summed E-state index contributed by atoms with van der Waals surface area (Å²) in [5.74, 6) is 1.23. The lowest BCUT2D eigenvalue weighted by molar-refractivity contribution is -0.182. The maximum atomic E-state index is 13.1. The summed E-state index contributed by atoms with van der Waals surface area (Å²) in [6.45, 7) is 2.12. The van der Waals surface area contributed by atoms with Crippen LogP contribution in [-0.4, -0.2) is 48.1 Å². The molecule has 158 valence electrons. The van der Waals surface area contributed by atoms with Gasteiger partial charge in [-0.1, -0.05) is 31.7 Å². The van der Waals surface area contributed by atoms with Gasteiger partial charge in [0.2, 0.25) is 0 Å². The van der Waals surface area contributed by atoms with Crippen molar-refractivity contribution in [3.05, 3.63) is 30.0 Å². The predicted octanol–water partition coefficient (Wildman–Crippen LogP) is 3.50. The summed E-state index contributed by atoms with van der Waals surface area (Å²) in [4.78, 5) is 13.1. The van der Waals surface area contributed by atoms with Crippen LogP contribution in [0.1, 0.15) is 55.3 Å². The van der Waals surface area contributed by atoms with Gasteiger partial charge in [0.1, 0.15) is 11.4 Å². The second-order valence-corrected chi connectivity index (χ2v) is 8.63. The summed E-state index contributed by atoms with van der Waals surface area (Å²) in [5, 5.41) is 14.4. The van der Waals surface area contributed by atoms with Gasteiger partial charge in [-0.15, -0.1) is 0 Å². The zero-order chi connectivity index (χ0) is 20.3. The van der Waals surface area contributed by atoms with Gasteiger partial charge in [0.05, 0.1) is 36.8 Å². The molecule has 0 radical (unpaired) electrons. The first kappa shape index (κ1) is 20.2. The van der Waals surface area contributed by atoms with E-state index in [4.69, 9.17) is 9.47 Å². The molecular weight excluding hydrogens is 368 g/mol. The van der Waals surface area contributed by atoms with Gasteiger partial charge in [-0.25, -0.2) is 0 Å². The van der Waals surface area contributed by atoms with Crippen molar-refractivity contribution in [2.45, 2.75) is 57.1 Å². The van der Waals surface area contributed by atoms with E-state index >= 15 is 0 Å². The molecule has 1 aromatic carbocycles. The first-order chi connectivity index (χ1) is 14.1. The highest BCUT2D eigenvalue weighted by molar-refractivity contribution is 6.09. The smallest absolute Gasteiger partial charge is 0.253 e. The second-order valence-electron chi connectivity index (χ2n) is 8.63. The number of aliphatic hydroxyl groups is 1. The van der Waals surface area contributed by atoms with E-state index in [1.54, 1.807) is 7.11 Å². The van der Waals surface area contributed by atoms with Crippen LogP contribution in [0.2, 0.25) is 0 Å². The Morgan fingerprint density at radius 3 is 2.69 bits per heavy atom. The van der Waals surface area contributed by atoms with Crippen molar-refractivity contribution in [3.8, 4) is 5.75 Å². The summed E-state index contributed by atoms with van der Waals surface area (Å²) in [6, 6.07) is 5.83. The molecule has 1 aliphatic carbocycles. The molecule has 1 saturated carbocycles. The molecule has 0 unspecified atom stereocenters. The maximum Gasteiger partial charge on any atom is 0.253 e. The Morgan fingerprint density at radius 1 is 1.28 bits per heavy atom. The van der Waals surface area contributed by atoms with E-state index in [0.29, 0.717) is 43.4 Å². The van der Waals surface area contributed by atoms with Crippen molar-refractivity contribution in [1.29, 1.82) is 0 Å². The lowest BCUT2D eigenvalue weighted by Crippen LogP contribution is -2.50. The maximum absolute atomic E-state index is 13.1. The van der Waals surface area contributed by atoms with Gasteiger partial charge < -0.3 is 24.5 Å². The van der Waals surface area contributed by atoms with E-state index in [-0.39, 0.29) is 5.91 Å². The molecule has 4 rings (SSSR count). The lowest BCUT2D eigenvalue weighted by Gasteiger charge is -2.36. The standard InChI is InChI=1S/C23H32N2O4/c1-28-20-10-6-9-19-21(20)18(14-25(19)12-11-23(27)15-29-16-23)22(26)24-13-17-7-4-2-3-5-8-17/h6,9-10,14,17,27H,2-5,7-8,11-13,15-16H2,1H3,(H,24,26). The Labute approximate surface area is 172 Å². The van der Waals surface area contributed by atoms with Crippen LogP contribution in [-0.2, 0) is 11.3 Å². The van der Waals surface area contributed by atoms with Crippen molar-refractivity contribution in [2.75, 3.05) is 26.9 Å². The van der Waals surface area contributed by atoms with Gasteiger partial charge in [-0.3, -0.25) is 4.79 Å². The Bertz CT molecular complexity index is 848. The molecule has 1 aromatic heterocycles. The molecule has 2 aromatic rings.